The fourth-order valence-corrected chi connectivity index (χ4v) is 2.68. The number of amides is 2. The fourth-order valence-electron chi connectivity index (χ4n) is 2.68. The molecule has 0 bridgehead atoms. The van der Waals surface area contributed by atoms with E-state index in [9.17, 15) is 4.79 Å². The molecule has 2 aromatic rings. The number of anilines is 3. The Morgan fingerprint density at radius 3 is 2.52 bits per heavy atom. The molecule has 0 atom stereocenters. The summed E-state index contributed by atoms with van der Waals surface area (Å²) in [6.45, 7) is 3.99. The molecule has 25 heavy (non-hydrogen) atoms. The van der Waals surface area contributed by atoms with Crippen molar-refractivity contribution in [1.29, 1.82) is 0 Å². The minimum absolute atomic E-state index is 0.317. The van der Waals surface area contributed by atoms with Crippen molar-refractivity contribution < 1.29 is 9.53 Å². The van der Waals surface area contributed by atoms with Crippen LogP contribution in [0.5, 0.6) is 5.75 Å². The van der Waals surface area contributed by atoms with E-state index in [0.29, 0.717) is 17.1 Å². The predicted molar refractivity (Wildman–Crippen MR) is 99.6 cm³/mol. The van der Waals surface area contributed by atoms with E-state index in [1.54, 1.807) is 25.4 Å². The first-order valence-electron chi connectivity index (χ1n) is 8.25. The van der Waals surface area contributed by atoms with Crippen molar-refractivity contribution in [3.63, 3.8) is 0 Å². The number of carbonyl (C=O) groups excluding carboxylic acids is 1. The van der Waals surface area contributed by atoms with Gasteiger partial charge in [0.05, 0.1) is 19.0 Å². The Kier molecular flexibility index (Phi) is 5.35. The van der Waals surface area contributed by atoms with E-state index in [1.165, 1.54) is 0 Å². The molecule has 0 unspecified atom stereocenters. The summed E-state index contributed by atoms with van der Waals surface area (Å²) in [7, 11) is 3.71. The van der Waals surface area contributed by atoms with Crippen LogP contribution in [-0.2, 0) is 0 Å². The van der Waals surface area contributed by atoms with E-state index in [0.717, 1.165) is 32.0 Å². The molecule has 1 aliphatic rings. The first kappa shape index (κ1) is 17.0. The van der Waals surface area contributed by atoms with Crippen molar-refractivity contribution in [2.75, 3.05) is 55.9 Å². The molecule has 3 rings (SSSR count). The van der Waals surface area contributed by atoms with Gasteiger partial charge in [0.25, 0.3) is 0 Å². The molecule has 1 aromatic heterocycles. The van der Waals surface area contributed by atoms with Crippen LogP contribution in [0.4, 0.5) is 22.0 Å². The van der Waals surface area contributed by atoms with Crippen LogP contribution in [-0.4, -0.2) is 56.3 Å². The summed E-state index contributed by atoms with van der Waals surface area (Å²) in [6, 6.07) is 10.7. The van der Waals surface area contributed by atoms with E-state index < -0.39 is 0 Å². The van der Waals surface area contributed by atoms with Crippen LogP contribution >= 0.6 is 0 Å². The van der Waals surface area contributed by atoms with E-state index in [4.69, 9.17) is 4.74 Å². The summed E-state index contributed by atoms with van der Waals surface area (Å²) in [4.78, 5) is 21.1. The molecule has 1 aliphatic heterocycles. The molecule has 132 valence electrons. The number of urea groups is 1. The standard InChI is InChI=1S/C18H23N5O2/c1-22-8-10-23(11-9-22)17-7-6-15(13-19-17)21-18(24)20-14-4-3-5-16(12-14)25-2/h3-7,12-13H,8-11H2,1-2H3,(H2,20,21,24). The number of hydrogen-bond acceptors (Lipinski definition) is 5. The molecule has 0 radical (unpaired) electrons. The number of ether oxygens (including phenoxy) is 1. The third-order valence-corrected chi connectivity index (χ3v) is 4.16. The van der Waals surface area contributed by atoms with E-state index in [2.05, 4.69) is 32.5 Å². The average Bonchev–Trinajstić information content (AvgIpc) is 2.63. The molecule has 2 heterocycles. The number of carbonyl (C=O) groups is 1. The Balaban J connectivity index is 1.56. The number of pyridine rings is 1. The largest absolute Gasteiger partial charge is 0.497 e. The third-order valence-electron chi connectivity index (χ3n) is 4.16. The maximum atomic E-state index is 12.1. The van der Waals surface area contributed by atoms with Gasteiger partial charge in [0.2, 0.25) is 0 Å². The van der Waals surface area contributed by atoms with Crippen LogP contribution in [0, 0.1) is 0 Å². The Hall–Kier alpha value is -2.80. The van der Waals surface area contributed by atoms with Gasteiger partial charge in [-0.3, -0.25) is 0 Å². The second kappa shape index (κ2) is 7.85. The van der Waals surface area contributed by atoms with Crippen molar-refractivity contribution in [1.82, 2.24) is 9.88 Å². The molecule has 1 fully saturated rings. The lowest BCUT2D eigenvalue weighted by atomic mass is 10.3. The van der Waals surface area contributed by atoms with Gasteiger partial charge in [-0.2, -0.15) is 0 Å². The molecule has 7 heteroatoms. The zero-order valence-electron chi connectivity index (χ0n) is 14.5. The van der Waals surface area contributed by atoms with Crippen molar-refractivity contribution >= 4 is 23.2 Å². The Morgan fingerprint density at radius 2 is 1.84 bits per heavy atom. The van der Waals surface area contributed by atoms with Gasteiger partial charge in [-0.25, -0.2) is 9.78 Å². The van der Waals surface area contributed by atoms with Crippen molar-refractivity contribution in [3.05, 3.63) is 42.6 Å². The van der Waals surface area contributed by atoms with Crippen molar-refractivity contribution in [3.8, 4) is 5.75 Å². The molecule has 1 aromatic carbocycles. The number of benzene rings is 1. The lowest BCUT2D eigenvalue weighted by Crippen LogP contribution is -2.44. The average molecular weight is 341 g/mol. The van der Waals surface area contributed by atoms with E-state index in [1.807, 2.05) is 24.3 Å². The number of nitrogens with zero attached hydrogens (tertiary/aromatic N) is 3. The Bertz CT molecular complexity index is 712. The molecular formula is C18H23N5O2. The van der Waals surface area contributed by atoms with Crippen LogP contribution in [0.15, 0.2) is 42.6 Å². The third kappa shape index (κ3) is 4.60. The molecule has 2 N–H and O–H groups in total. The van der Waals surface area contributed by atoms with Crippen LogP contribution in [0.25, 0.3) is 0 Å². The lowest BCUT2D eigenvalue weighted by molar-refractivity contribution is 0.262. The van der Waals surface area contributed by atoms with Crippen molar-refractivity contribution in [2.45, 2.75) is 0 Å². The number of piperazine rings is 1. The molecule has 0 spiro atoms. The van der Waals surface area contributed by atoms with Gasteiger partial charge in [-0.05, 0) is 31.3 Å². The van der Waals surface area contributed by atoms with Crippen molar-refractivity contribution in [2.24, 2.45) is 0 Å². The van der Waals surface area contributed by atoms with E-state index >= 15 is 0 Å². The van der Waals surface area contributed by atoms with E-state index in [-0.39, 0.29) is 6.03 Å². The highest BCUT2D eigenvalue weighted by Gasteiger charge is 2.15. The molecule has 1 saturated heterocycles. The van der Waals surface area contributed by atoms with Crippen LogP contribution in [0.2, 0.25) is 0 Å². The summed E-state index contributed by atoms with van der Waals surface area (Å²) < 4.78 is 5.14. The second-order valence-electron chi connectivity index (χ2n) is 6.01. The SMILES string of the molecule is COc1cccc(NC(=O)Nc2ccc(N3CCN(C)CC3)nc2)c1. The topological polar surface area (TPSA) is 69.7 Å². The lowest BCUT2D eigenvalue weighted by Gasteiger charge is -2.33. The van der Waals surface area contributed by atoms with Crippen LogP contribution in [0.3, 0.4) is 0 Å². The highest BCUT2D eigenvalue weighted by molar-refractivity contribution is 5.99. The summed E-state index contributed by atoms with van der Waals surface area (Å²) >= 11 is 0. The Morgan fingerprint density at radius 1 is 1.08 bits per heavy atom. The number of nitrogens with one attached hydrogen (secondary N) is 2. The highest BCUT2D eigenvalue weighted by atomic mass is 16.5. The first-order chi connectivity index (χ1) is 12.1. The molecule has 0 aliphatic carbocycles. The zero-order chi connectivity index (χ0) is 17.6. The molecule has 2 amide bonds. The number of hydrogen-bond donors (Lipinski definition) is 2. The van der Waals surface area contributed by atoms with Gasteiger partial charge >= 0.3 is 6.03 Å². The number of rotatable bonds is 4. The zero-order valence-corrected chi connectivity index (χ0v) is 14.5. The molecule has 7 nitrogen and oxygen atoms in total. The minimum Gasteiger partial charge on any atom is -0.497 e. The van der Waals surface area contributed by atoms with Gasteiger partial charge in [0.15, 0.2) is 0 Å². The van der Waals surface area contributed by atoms with Gasteiger partial charge in [-0.1, -0.05) is 6.07 Å². The predicted octanol–water partition coefficient (Wildman–Crippen LogP) is 2.49. The summed E-state index contributed by atoms with van der Waals surface area (Å²) in [5.74, 6) is 1.63. The fraction of sp³-hybridized carbons (Fsp3) is 0.333. The maximum absolute atomic E-state index is 12.1. The second-order valence-corrected chi connectivity index (χ2v) is 6.01. The van der Waals surface area contributed by atoms with Gasteiger partial charge in [-0.15, -0.1) is 0 Å². The molecule has 0 saturated carbocycles. The van der Waals surface area contributed by atoms with Crippen LogP contribution in [0.1, 0.15) is 0 Å². The summed E-state index contributed by atoms with van der Waals surface area (Å²) in [5, 5.41) is 5.56. The number of aromatic nitrogens is 1. The Labute approximate surface area is 147 Å². The van der Waals surface area contributed by atoms with Crippen LogP contribution < -0.4 is 20.3 Å². The quantitative estimate of drug-likeness (QED) is 0.894. The summed E-state index contributed by atoms with van der Waals surface area (Å²) in [6.07, 6.45) is 1.68. The minimum atomic E-state index is -0.317. The first-order valence-corrected chi connectivity index (χ1v) is 8.25. The maximum Gasteiger partial charge on any atom is 0.323 e. The monoisotopic (exact) mass is 341 g/mol. The highest BCUT2D eigenvalue weighted by Crippen LogP contribution is 2.18. The smallest absolute Gasteiger partial charge is 0.323 e. The number of likely N-dealkylation sites (N-methyl/N-ethyl adjacent to an activating group) is 1. The number of methoxy groups -OCH3 is 1. The summed E-state index contributed by atoms with van der Waals surface area (Å²) in [5.41, 5.74) is 1.32. The normalized spacial score (nSPS) is 14.9. The molecular weight excluding hydrogens is 318 g/mol. The van der Waals surface area contributed by atoms with Gasteiger partial charge in [0.1, 0.15) is 11.6 Å². The van der Waals surface area contributed by atoms with Gasteiger partial charge in [0, 0.05) is 37.9 Å². The van der Waals surface area contributed by atoms with Gasteiger partial charge < -0.3 is 25.2 Å².